The van der Waals surface area contributed by atoms with E-state index in [2.05, 4.69) is 26.3 Å². The van der Waals surface area contributed by atoms with Gasteiger partial charge in [0.2, 0.25) is 5.91 Å². The number of nitrogens with one attached hydrogen (secondary N) is 1. The van der Waals surface area contributed by atoms with Crippen LogP contribution in [0.15, 0.2) is 16.6 Å². The molecule has 112 valence electrons. The van der Waals surface area contributed by atoms with Crippen molar-refractivity contribution in [1.29, 1.82) is 0 Å². The first kappa shape index (κ1) is 16.1. The smallest absolute Gasteiger partial charge is 0.246 e. The molecule has 0 saturated carbocycles. The van der Waals surface area contributed by atoms with Crippen molar-refractivity contribution in [1.82, 2.24) is 9.78 Å². The van der Waals surface area contributed by atoms with Gasteiger partial charge >= 0.3 is 0 Å². The topological polar surface area (TPSA) is 72.9 Å². The van der Waals surface area contributed by atoms with Crippen LogP contribution in [0.1, 0.15) is 11.4 Å². The molecule has 0 fully saturated rings. The van der Waals surface area contributed by atoms with E-state index in [4.69, 9.17) is 28.9 Å². The maximum atomic E-state index is 12.1. The Hall–Kier alpha value is -1.24. The molecule has 1 aromatic carbocycles. The largest absolute Gasteiger partial charge is 0.396 e. The minimum atomic E-state index is -0.263. The summed E-state index contributed by atoms with van der Waals surface area (Å²) in [7, 11) is 0. The summed E-state index contributed by atoms with van der Waals surface area (Å²) in [6.07, 6.45) is 0. The van der Waals surface area contributed by atoms with Crippen molar-refractivity contribution in [2.45, 2.75) is 20.4 Å². The van der Waals surface area contributed by atoms with Crippen LogP contribution in [0.4, 0.5) is 11.4 Å². The van der Waals surface area contributed by atoms with E-state index in [1.54, 1.807) is 23.7 Å². The van der Waals surface area contributed by atoms with Crippen molar-refractivity contribution < 1.29 is 4.79 Å². The Morgan fingerprint density at radius 2 is 2.05 bits per heavy atom. The highest BCUT2D eigenvalue weighted by molar-refractivity contribution is 9.10. The Morgan fingerprint density at radius 3 is 2.62 bits per heavy atom. The summed E-state index contributed by atoms with van der Waals surface area (Å²) in [5.41, 5.74) is 8.32. The first-order valence-corrected chi connectivity index (χ1v) is 7.59. The molecule has 2 rings (SSSR count). The number of anilines is 2. The first-order chi connectivity index (χ1) is 9.81. The van der Waals surface area contributed by atoms with Crippen LogP contribution >= 0.6 is 39.1 Å². The zero-order chi connectivity index (χ0) is 15.7. The van der Waals surface area contributed by atoms with Crippen LogP contribution in [0.5, 0.6) is 0 Å². The molecule has 8 heteroatoms. The molecule has 21 heavy (non-hydrogen) atoms. The zero-order valence-electron chi connectivity index (χ0n) is 11.4. The quantitative estimate of drug-likeness (QED) is 0.781. The number of nitrogen functional groups attached to an aromatic ring is 1. The normalized spacial score (nSPS) is 10.7. The van der Waals surface area contributed by atoms with Gasteiger partial charge in [0, 0.05) is 4.47 Å². The Labute approximate surface area is 140 Å². The highest BCUT2D eigenvalue weighted by atomic mass is 79.9. The van der Waals surface area contributed by atoms with Crippen molar-refractivity contribution in [2.75, 3.05) is 11.1 Å². The summed E-state index contributed by atoms with van der Waals surface area (Å²) in [5.74, 6) is -0.263. The maximum Gasteiger partial charge on any atom is 0.246 e. The van der Waals surface area contributed by atoms with Gasteiger partial charge in [-0.05, 0) is 41.9 Å². The summed E-state index contributed by atoms with van der Waals surface area (Å²) in [6.45, 7) is 3.65. The molecule has 1 amide bonds. The van der Waals surface area contributed by atoms with Gasteiger partial charge in [0.25, 0.3) is 0 Å². The molecule has 0 aliphatic carbocycles. The molecular formula is C13H13BrCl2N4O. The fraction of sp³-hybridized carbons (Fsp3) is 0.231. The standard InChI is InChI=1S/C13H13BrCl2N4O/c1-6-13(17)7(2)20(19-6)5-10(21)18-9-4-3-8(14)11(15)12(9)16/h3-4H,5,17H2,1-2H3,(H,18,21). The number of nitrogens with zero attached hydrogens (tertiary/aromatic N) is 2. The second-order valence-corrected chi connectivity index (χ2v) is 6.12. The van der Waals surface area contributed by atoms with Gasteiger partial charge in [0.1, 0.15) is 6.54 Å². The maximum absolute atomic E-state index is 12.1. The van der Waals surface area contributed by atoms with Gasteiger partial charge in [-0.2, -0.15) is 5.10 Å². The van der Waals surface area contributed by atoms with E-state index in [1.165, 1.54) is 0 Å². The number of rotatable bonds is 3. The third-order valence-electron chi connectivity index (χ3n) is 3.04. The van der Waals surface area contributed by atoms with Crippen molar-refractivity contribution in [2.24, 2.45) is 0 Å². The molecule has 1 aromatic heterocycles. The summed E-state index contributed by atoms with van der Waals surface area (Å²) in [6, 6.07) is 3.39. The number of halogens is 3. The van der Waals surface area contributed by atoms with E-state index in [1.807, 2.05) is 6.92 Å². The molecule has 0 saturated heterocycles. The Balaban J connectivity index is 2.16. The van der Waals surface area contributed by atoms with E-state index in [0.29, 0.717) is 26.6 Å². The van der Waals surface area contributed by atoms with Gasteiger partial charge in [-0.1, -0.05) is 23.2 Å². The van der Waals surface area contributed by atoms with E-state index >= 15 is 0 Å². The lowest BCUT2D eigenvalue weighted by Crippen LogP contribution is -2.20. The van der Waals surface area contributed by atoms with Crippen molar-refractivity contribution in [3.8, 4) is 0 Å². The fourth-order valence-electron chi connectivity index (χ4n) is 1.81. The number of benzene rings is 1. The third kappa shape index (κ3) is 3.33. The number of aromatic nitrogens is 2. The van der Waals surface area contributed by atoms with Crippen LogP contribution in [0.3, 0.4) is 0 Å². The molecule has 0 aliphatic heterocycles. The molecule has 0 atom stereocenters. The zero-order valence-corrected chi connectivity index (χ0v) is 14.5. The van der Waals surface area contributed by atoms with E-state index in [0.717, 1.165) is 5.69 Å². The lowest BCUT2D eigenvalue weighted by atomic mass is 10.3. The second-order valence-electron chi connectivity index (χ2n) is 4.51. The van der Waals surface area contributed by atoms with E-state index in [9.17, 15) is 4.79 Å². The average Bonchev–Trinajstić information content (AvgIpc) is 2.67. The van der Waals surface area contributed by atoms with E-state index in [-0.39, 0.29) is 17.5 Å². The van der Waals surface area contributed by atoms with Crippen molar-refractivity contribution in [3.63, 3.8) is 0 Å². The second kappa shape index (κ2) is 6.25. The average molecular weight is 392 g/mol. The van der Waals surface area contributed by atoms with Gasteiger partial charge in [0.05, 0.1) is 32.8 Å². The van der Waals surface area contributed by atoms with Gasteiger partial charge in [-0.25, -0.2) is 0 Å². The predicted octanol–water partition coefficient (Wildman–Crippen LogP) is 3.79. The summed E-state index contributed by atoms with van der Waals surface area (Å²) >= 11 is 15.4. The molecule has 0 radical (unpaired) electrons. The Bertz CT molecular complexity index is 715. The van der Waals surface area contributed by atoms with Crippen LogP contribution in [0.2, 0.25) is 10.0 Å². The first-order valence-electron chi connectivity index (χ1n) is 6.04. The summed E-state index contributed by atoms with van der Waals surface area (Å²) in [4.78, 5) is 12.1. The molecule has 1 heterocycles. The molecule has 2 aromatic rings. The molecular weight excluding hydrogens is 379 g/mol. The number of hydrogen-bond acceptors (Lipinski definition) is 3. The van der Waals surface area contributed by atoms with E-state index < -0.39 is 0 Å². The number of carbonyl (C=O) groups is 1. The van der Waals surface area contributed by atoms with Gasteiger partial charge in [-0.15, -0.1) is 0 Å². The minimum Gasteiger partial charge on any atom is -0.396 e. The molecule has 3 N–H and O–H groups in total. The van der Waals surface area contributed by atoms with Gasteiger partial charge < -0.3 is 11.1 Å². The van der Waals surface area contributed by atoms with Gasteiger partial charge in [0.15, 0.2) is 0 Å². The number of nitrogens with two attached hydrogens (primary N) is 1. The Kier molecular flexibility index (Phi) is 4.81. The minimum absolute atomic E-state index is 0.0495. The summed E-state index contributed by atoms with van der Waals surface area (Å²) < 4.78 is 2.22. The highest BCUT2D eigenvalue weighted by Crippen LogP contribution is 2.35. The molecule has 0 spiro atoms. The SMILES string of the molecule is Cc1nn(CC(=O)Nc2ccc(Br)c(Cl)c2Cl)c(C)c1N. The van der Waals surface area contributed by atoms with Crippen molar-refractivity contribution >= 4 is 56.4 Å². The lowest BCUT2D eigenvalue weighted by Gasteiger charge is -2.10. The number of aryl methyl sites for hydroxylation is 1. The molecule has 0 aliphatic rings. The number of amides is 1. The van der Waals surface area contributed by atoms with Crippen LogP contribution in [0, 0.1) is 13.8 Å². The van der Waals surface area contributed by atoms with Crippen molar-refractivity contribution in [3.05, 3.63) is 38.0 Å². The highest BCUT2D eigenvalue weighted by Gasteiger charge is 2.14. The molecule has 0 unspecified atom stereocenters. The summed E-state index contributed by atoms with van der Waals surface area (Å²) in [5, 5.41) is 7.55. The molecule has 0 bridgehead atoms. The van der Waals surface area contributed by atoms with Gasteiger partial charge in [-0.3, -0.25) is 9.48 Å². The fourth-order valence-corrected chi connectivity index (χ4v) is 2.63. The van der Waals surface area contributed by atoms with Crippen LogP contribution < -0.4 is 11.1 Å². The van der Waals surface area contributed by atoms with Crippen LogP contribution in [0.25, 0.3) is 0 Å². The van der Waals surface area contributed by atoms with Crippen LogP contribution in [-0.4, -0.2) is 15.7 Å². The Morgan fingerprint density at radius 1 is 1.38 bits per heavy atom. The molecule has 5 nitrogen and oxygen atoms in total. The number of hydrogen-bond donors (Lipinski definition) is 2. The monoisotopic (exact) mass is 390 g/mol. The van der Waals surface area contributed by atoms with Crippen LogP contribution in [-0.2, 0) is 11.3 Å². The third-order valence-corrected chi connectivity index (χ3v) is 4.81. The number of carbonyl (C=O) groups excluding carboxylic acids is 1. The predicted molar refractivity (Wildman–Crippen MR) is 88.9 cm³/mol. The lowest BCUT2D eigenvalue weighted by molar-refractivity contribution is -0.116.